The van der Waals surface area contributed by atoms with Gasteiger partial charge in [0.05, 0.1) is 12.5 Å². The molecule has 2 N–H and O–H groups in total. The van der Waals surface area contributed by atoms with Crippen molar-refractivity contribution in [2.75, 3.05) is 18.4 Å². The number of likely N-dealkylation sites (tertiary alicyclic amines) is 1. The predicted octanol–water partition coefficient (Wildman–Crippen LogP) is 3.19. The van der Waals surface area contributed by atoms with Gasteiger partial charge in [-0.15, -0.1) is 0 Å². The van der Waals surface area contributed by atoms with Crippen molar-refractivity contribution in [1.29, 1.82) is 0 Å². The molecule has 30 heavy (non-hydrogen) atoms. The fraction of sp³-hybridized carbons (Fsp3) is 0.429. The molecule has 0 saturated carbocycles. The largest absolute Gasteiger partial charge is 0.360 e. The van der Waals surface area contributed by atoms with Gasteiger partial charge in [0, 0.05) is 36.5 Å². The van der Waals surface area contributed by atoms with Crippen molar-refractivity contribution in [3.05, 3.63) is 46.1 Å². The molecule has 0 spiro atoms. The summed E-state index contributed by atoms with van der Waals surface area (Å²) in [5.41, 5.74) is 0.874. The number of benzene rings is 1. The van der Waals surface area contributed by atoms with Crippen LogP contribution in [0.25, 0.3) is 0 Å². The van der Waals surface area contributed by atoms with E-state index in [9.17, 15) is 14.4 Å². The zero-order valence-corrected chi connectivity index (χ0v) is 18.6. The second-order valence-electron chi connectivity index (χ2n) is 7.48. The van der Waals surface area contributed by atoms with Crippen molar-refractivity contribution in [2.24, 2.45) is 5.92 Å². The van der Waals surface area contributed by atoms with Crippen molar-refractivity contribution in [1.82, 2.24) is 15.4 Å². The summed E-state index contributed by atoms with van der Waals surface area (Å²) < 4.78 is 5.89. The van der Waals surface area contributed by atoms with E-state index in [0.717, 1.165) is 10.0 Å². The number of anilines is 1. The number of hydrogen-bond acceptors (Lipinski definition) is 5. The molecule has 3 rings (SSSR count). The lowest BCUT2D eigenvalue weighted by Gasteiger charge is -2.32. The lowest BCUT2D eigenvalue weighted by molar-refractivity contribution is -0.135. The number of halogens is 1. The number of piperidine rings is 1. The molecule has 0 bridgehead atoms. The maximum Gasteiger partial charge on any atom is 0.228 e. The number of amides is 3. The molecule has 2 heterocycles. The summed E-state index contributed by atoms with van der Waals surface area (Å²) in [6.07, 6.45) is 1.34. The zero-order valence-electron chi connectivity index (χ0n) is 17.0. The molecule has 1 aliphatic heterocycles. The van der Waals surface area contributed by atoms with E-state index in [1.54, 1.807) is 17.9 Å². The number of hydrogen-bond donors (Lipinski definition) is 2. The Bertz CT molecular complexity index is 904. The molecule has 0 radical (unpaired) electrons. The molecule has 1 aromatic heterocycles. The van der Waals surface area contributed by atoms with Crippen LogP contribution in [0.1, 0.15) is 43.6 Å². The normalized spacial score (nSPS) is 15.5. The Balaban J connectivity index is 1.54. The summed E-state index contributed by atoms with van der Waals surface area (Å²) in [4.78, 5) is 38.6. The predicted molar refractivity (Wildman–Crippen MR) is 114 cm³/mol. The number of nitrogens with zero attached hydrogens (tertiary/aromatic N) is 2. The van der Waals surface area contributed by atoms with Gasteiger partial charge in [-0.25, -0.2) is 0 Å². The first kappa shape index (κ1) is 22.0. The Morgan fingerprint density at radius 1 is 1.23 bits per heavy atom. The van der Waals surface area contributed by atoms with Crippen molar-refractivity contribution >= 4 is 39.5 Å². The minimum Gasteiger partial charge on any atom is -0.360 e. The molecule has 2 aromatic rings. The lowest BCUT2D eigenvalue weighted by Crippen LogP contribution is -2.43. The quantitative estimate of drug-likeness (QED) is 0.665. The minimum atomic E-state index is -0.389. The number of rotatable bonds is 6. The monoisotopic (exact) mass is 476 g/mol. The second-order valence-corrected chi connectivity index (χ2v) is 8.39. The van der Waals surface area contributed by atoms with Gasteiger partial charge in [-0.05, 0) is 37.5 Å². The highest BCUT2D eigenvalue weighted by Crippen LogP contribution is 2.24. The number of aromatic nitrogens is 1. The SMILES string of the molecule is CC(=O)NC(CC(=O)N1CCC(C(=O)Nc2cc(C)on2)CC1)c1ccc(Br)cc1. The van der Waals surface area contributed by atoms with E-state index >= 15 is 0 Å². The summed E-state index contributed by atoms with van der Waals surface area (Å²) in [5.74, 6) is 0.524. The Labute approximate surface area is 183 Å². The van der Waals surface area contributed by atoms with Crippen LogP contribution in [0.4, 0.5) is 5.82 Å². The molecule has 8 nitrogen and oxygen atoms in total. The Hall–Kier alpha value is -2.68. The number of nitrogens with one attached hydrogen (secondary N) is 2. The van der Waals surface area contributed by atoms with E-state index in [0.29, 0.717) is 37.5 Å². The molecule has 1 aromatic carbocycles. The van der Waals surface area contributed by atoms with Crippen LogP contribution in [0.2, 0.25) is 0 Å². The number of carbonyl (C=O) groups is 3. The molecule has 3 amide bonds. The molecule has 1 aliphatic rings. The van der Waals surface area contributed by atoms with Gasteiger partial charge in [0.1, 0.15) is 5.76 Å². The summed E-state index contributed by atoms with van der Waals surface area (Å²) in [6, 6.07) is 8.82. The summed E-state index contributed by atoms with van der Waals surface area (Å²) in [6.45, 7) is 4.20. The molecule has 1 saturated heterocycles. The van der Waals surface area contributed by atoms with E-state index in [2.05, 4.69) is 31.7 Å². The number of carbonyl (C=O) groups excluding carboxylic acids is 3. The highest BCUT2D eigenvalue weighted by atomic mass is 79.9. The summed E-state index contributed by atoms with van der Waals surface area (Å²) in [5, 5.41) is 9.39. The maximum absolute atomic E-state index is 12.8. The molecular weight excluding hydrogens is 452 g/mol. The zero-order chi connectivity index (χ0) is 21.7. The van der Waals surface area contributed by atoms with Crippen LogP contribution >= 0.6 is 15.9 Å². The van der Waals surface area contributed by atoms with Gasteiger partial charge in [0.2, 0.25) is 17.7 Å². The molecule has 0 aliphatic carbocycles. The van der Waals surface area contributed by atoms with Crippen LogP contribution in [-0.2, 0) is 14.4 Å². The Kier molecular flexibility index (Phi) is 7.25. The smallest absolute Gasteiger partial charge is 0.228 e. The van der Waals surface area contributed by atoms with E-state index < -0.39 is 0 Å². The highest BCUT2D eigenvalue weighted by Gasteiger charge is 2.29. The maximum atomic E-state index is 12.8. The van der Waals surface area contributed by atoms with Gasteiger partial charge in [0.15, 0.2) is 5.82 Å². The van der Waals surface area contributed by atoms with Crippen LogP contribution < -0.4 is 10.6 Å². The van der Waals surface area contributed by atoms with Gasteiger partial charge < -0.3 is 20.1 Å². The molecule has 1 atom stereocenters. The van der Waals surface area contributed by atoms with Gasteiger partial charge in [-0.2, -0.15) is 0 Å². The fourth-order valence-corrected chi connectivity index (χ4v) is 3.81. The van der Waals surface area contributed by atoms with Crippen LogP contribution in [0.3, 0.4) is 0 Å². The first-order chi connectivity index (χ1) is 14.3. The molecule has 9 heteroatoms. The van der Waals surface area contributed by atoms with Crippen molar-refractivity contribution in [3.63, 3.8) is 0 Å². The third kappa shape index (κ3) is 5.91. The average molecular weight is 477 g/mol. The summed E-state index contributed by atoms with van der Waals surface area (Å²) in [7, 11) is 0. The third-order valence-corrected chi connectivity index (χ3v) is 5.65. The first-order valence-corrected chi connectivity index (χ1v) is 10.7. The first-order valence-electron chi connectivity index (χ1n) is 9.86. The van der Waals surface area contributed by atoms with Crippen LogP contribution in [0, 0.1) is 12.8 Å². The topological polar surface area (TPSA) is 105 Å². The molecule has 1 unspecified atom stereocenters. The lowest BCUT2D eigenvalue weighted by atomic mass is 9.95. The van der Waals surface area contributed by atoms with Gasteiger partial charge in [0.25, 0.3) is 0 Å². The van der Waals surface area contributed by atoms with Gasteiger partial charge >= 0.3 is 0 Å². The van der Waals surface area contributed by atoms with Gasteiger partial charge in [-0.3, -0.25) is 14.4 Å². The second kappa shape index (κ2) is 9.88. The molecular formula is C21H25BrN4O4. The third-order valence-electron chi connectivity index (χ3n) is 5.13. The van der Waals surface area contributed by atoms with E-state index in [1.807, 2.05) is 24.3 Å². The van der Waals surface area contributed by atoms with Crippen molar-refractivity contribution in [3.8, 4) is 0 Å². The van der Waals surface area contributed by atoms with Crippen LogP contribution in [0.15, 0.2) is 39.3 Å². The highest BCUT2D eigenvalue weighted by molar-refractivity contribution is 9.10. The van der Waals surface area contributed by atoms with Crippen LogP contribution in [-0.4, -0.2) is 40.9 Å². The summed E-state index contributed by atoms with van der Waals surface area (Å²) >= 11 is 3.39. The number of aryl methyl sites for hydroxylation is 1. The van der Waals surface area contributed by atoms with Crippen molar-refractivity contribution in [2.45, 2.75) is 39.2 Å². The van der Waals surface area contributed by atoms with E-state index in [4.69, 9.17) is 4.52 Å². The Morgan fingerprint density at radius 3 is 2.47 bits per heavy atom. The van der Waals surface area contributed by atoms with E-state index in [-0.39, 0.29) is 36.1 Å². The Morgan fingerprint density at radius 2 is 1.90 bits per heavy atom. The van der Waals surface area contributed by atoms with Crippen LogP contribution in [0.5, 0.6) is 0 Å². The van der Waals surface area contributed by atoms with Gasteiger partial charge in [-0.1, -0.05) is 33.2 Å². The molecule has 160 valence electrons. The fourth-order valence-electron chi connectivity index (χ4n) is 3.54. The average Bonchev–Trinajstić information content (AvgIpc) is 3.12. The minimum absolute atomic E-state index is 0.0392. The molecule has 1 fully saturated rings. The standard InChI is InChI=1S/C21H25BrN4O4/c1-13-11-19(25-30-13)24-21(29)16-7-9-26(10-8-16)20(28)12-18(23-14(2)27)15-3-5-17(22)6-4-15/h3-6,11,16,18H,7-10,12H2,1-2H3,(H,23,27)(H,24,25,29). The van der Waals surface area contributed by atoms with Crippen molar-refractivity contribution < 1.29 is 18.9 Å². The van der Waals surface area contributed by atoms with E-state index in [1.165, 1.54) is 6.92 Å².